The molecule has 0 radical (unpaired) electrons. The van der Waals surface area contributed by atoms with Crippen LogP contribution in [-0.2, 0) is 4.79 Å². The highest BCUT2D eigenvalue weighted by Gasteiger charge is 2.37. The SMILES string of the molecule is CCC(=O)N1c2ccc(Cl)cc2-c2nnc(SC)nc2O[C@H]1c1ccccc1OC(C)C. The van der Waals surface area contributed by atoms with Gasteiger partial charge in [-0.05, 0) is 50.4 Å². The summed E-state index contributed by atoms with van der Waals surface area (Å²) in [6.45, 7) is 5.72. The minimum atomic E-state index is -0.815. The van der Waals surface area contributed by atoms with Gasteiger partial charge in [0.05, 0.1) is 17.4 Å². The van der Waals surface area contributed by atoms with Crippen LogP contribution in [0.3, 0.4) is 0 Å². The Labute approximate surface area is 196 Å². The molecule has 9 heteroatoms. The molecule has 0 bridgehead atoms. The fourth-order valence-electron chi connectivity index (χ4n) is 3.51. The van der Waals surface area contributed by atoms with Crippen molar-refractivity contribution < 1.29 is 14.3 Å². The van der Waals surface area contributed by atoms with E-state index in [0.717, 1.165) is 0 Å². The zero-order chi connectivity index (χ0) is 22.8. The molecular formula is C23H23ClN4O3S. The van der Waals surface area contributed by atoms with Gasteiger partial charge < -0.3 is 9.47 Å². The number of carbonyl (C=O) groups is 1. The lowest BCUT2D eigenvalue weighted by molar-refractivity contribution is -0.120. The van der Waals surface area contributed by atoms with E-state index >= 15 is 0 Å². The summed E-state index contributed by atoms with van der Waals surface area (Å²) >= 11 is 7.67. The van der Waals surface area contributed by atoms with E-state index in [9.17, 15) is 4.79 Å². The number of hydrogen-bond donors (Lipinski definition) is 0. The van der Waals surface area contributed by atoms with Crippen LogP contribution in [0.1, 0.15) is 39.0 Å². The molecule has 0 saturated heterocycles. The zero-order valence-electron chi connectivity index (χ0n) is 18.2. The van der Waals surface area contributed by atoms with Gasteiger partial charge in [0, 0.05) is 17.0 Å². The van der Waals surface area contributed by atoms with E-state index in [4.69, 9.17) is 21.1 Å². The third-order valence-electron chi connectivity index (χ3n) is 4.87. The van der Waals surface area contributed by atoms with Gasteiger partial charge in [0.15, 0.2) is 5.69 Å². The highest BCUT2D eigenvalue weighted by molar-refractivity contribution is 7.98. The van der Waals surface area contributed by atoms with Gasteiger partial charge in [0.25, 0.3) is 0 Å². The third kappa shape index (κ3) is 4.25. The molecule has 0 spiro atoms. The predicted molar refractivity (Wildman–Crippen MR) is 125 cm³/mol. The molecule has 0 saturated carbocycles. The molecule has 1 aliphatic heterocycles. The van der Waals surface area contributed by atoms with Gasteiger partial charge in [0.2, 0.25) is 23.2 Å². The summed E-state index contributed by atoms with van der Waals surface area (Å²) in [6.07, 6.45) is 1.27. The van der Waals surface area contributed by atoms with Crippen LogP contribution in [0.25, 0.3) is 11.3 Å². The molecule has 1 atom stereocenters. The Morgan fingerprint density at radius 3 is 2.75 bits per heavy atom. The van der Waals surface area contributed by atoms with E-state index in [0.29, 0.717) is 38.4 Å². The van der Waals surface area contributed by atoms with Crippen molar-refractivity contribution in [2.24, 2.45) is 0 Å². The summed E-state index contributed by atoms with van der Waals surface area (Å²) in [5, 5.41) is 9.52. The number of thioether (sulfide) groups is 1. The molecule has 0 unspecified atom stereocenters. The number of carbonyl (C=O) groups excluding carboxylic acids is 1. The molecule has 1 amide bonds. The second kappa shape index (κ2) is 9.34. The van der Waals surface area contributed by atoms with Crippen LogP contribution in [0.5, 0.6) is 11.6 Å². The van der Waals surface area contributed by atoms with Crippen molar-refractivity contribution in [2.45, 2.75) is 44.7 Å². The van der Waals surface area contributed by atoms with Crippen molar-refractivity contribution in [3.05, 3.63) is 53.1 Å². The van der Waals surface area contributed by atoms with Crippen molar-refractivity contribution in [3.63, 3.8) is 0 Å². The number of amides is 1. The monoisotopic (exact) mass is 470 g/mol. The Morgan fingerprint density at radius 1 is 1.25 bits per heavy atom. The number of hydrogen-bond acceptors (Lipinski definition) is 7. The van der Waals surface area contributed by atoms with E-state index < -0.39 is 6.23 Å². The van der Waals surface area contributed by atoms with E-state index in [2.05, 4.69) is 15.2 Å². The van der Waals surface area contributed by atoms with Gasteiger partial charge in [-0.15, -0.1) is 10.2 Å². The van der Waals surface area contributed by atoms with Crippen molar-refractivity contribution in [1.82, 2.24) is 15.2 Å². The van der Waals surface area contributed by atoms with Crippen LogP contribution in [-0.4, -0.2) is 33.4 Å². The maximum atomic E-state index is 13.3. The first-order valence-corrected chi connectivity index (χ1v) is 11.9. The molecule has 2 heterocycles. The van der Waals surface area contributed by atoms with Gasteiger partial charge in [-0.1, -0.05) is 42.4 Å². The topological polar surface area (TPSA) is 77.4 Å². The molecule has 1 aromatic heterocycles. The van der Waals surface area contributed by atoms with E-state index in [1.54, 1.807) is 23.1 Å². The molecule has 3 aromatic rings. The molecule has 1 aliphatic rings. The largest absolute Gasteiger partial charge is 0.491 e. The smallest absolute Gasteiger partial charge is 0.247 e. The predicted octanol–water partition coefficient (Wildman–Crippen LogP) is 5.54. The molecule has 0 N–H and O–H groups in total. The van der Waals surface area contributed by atoms with Crippen molar-refractivity contribution in [2.75, 3.05) is 11.2 Å². The summed E-state index contributed by atoms with van der Waals surface area (Å²) in [4.78, 5) is 19.4. The fourth-order valence-corrected chi connectivity index (χ4v) is 3.98. The second-order valence-electron chi connectivity index (χ2n) is 7.41. The van der Waals surface area contributed by atoms with Crippen LogP contribution in [0, 0.1) is 0 Å². The number of rotatable bonds is 5. The Morgan fingerprint density at radius 2 is 2.03 bits per heavy atom. The number of anilines is 1. The average Bonchev–Trinajstić information content (AvgIpc) is 2.92. The molecule has 2 aromatic carbocycles. The van der Waals surface area contributed by atoms with Gasteiger partial charge >= 0.3 is 0 Å². The average molecular weight is 471 g/mol. The Balaban J connectivity index is 1.99. The third-order valence-corrected chi connectivity index (χ3v) is 5.64. The molecule has 4 rings (SSSR count). The van der Waals surface area contributed by atoms with E-state index in [1.165, 1.54) is 11.8 Å². The van der Waals surface area contributed by atoms with Gasteiger partial charge in [-0.3, -0.25) is 9.69 Å². The summed E-state index contributed by atoms with van der Waals surface area (Å²) < 4.78 is 12.5. The van der Waals surface area contributed by atoms with Gasteiger partial charge in [0.1, 0.15) is 5.75 Å². The normalized spacial score (nSPS) is 14.9. The lowest BCUT2D eigenvalue weighted by atomic mass is 10.1. The summed E-state index contributed by atoms with van der Waals surface area (Å²) in [5.74, 6) is 0.792. The number of nitrogens with zero attached hydrogens (tertiary/aromatic N) is 4. The number of halogens is 1. The number of benzene rings is 2. The molecule has 32 heavy (non-hydrogen) atoms. The number of para-hydroxylation sites is 1. The minimum Gasteiger partial charge on any atom is -0.491 e. The van der Waals surface area contributed by atoms with Gasteiger partial charge in [-0.2, -0.15) is 4.98 Å². The van der Waals surface area contributed by atoms with Crippen molar-refractivity contribution in [1.29, 1.82) is 0 Å². The molecule has 0 aliphatic carbocycles. The fraction of sp³-hybridized carbons (Fsp3) is 0.304. The Hall–Kier alpha value is -2.84. The van der Waals surface area contributed by atoms with Crippen molar-refractivity contribution in [3.8, 4) is 22.9 Å². The van der Waals surface area contributed by atoms with Crippen LogP contribution >= 0.6 is 23.4 Å². The quantitative estimate of drug-likeness (QED) is 0.453. The summed E-state index contributed by atoms with van der Waals surface area (Å²) in [5.41, 5.74) is 2.39. The van der Waals surface area contributed by atoms with Gasteiger partial charge in [-0.25, -0.2) is 0 Å². The molecular weight excluding hydrogens is 448 g/mol. The lowest BCUT2D eigenvalue weighted by Gasteiger charge is -2.31. The van der Waals surface area contributed by atoms with Crippen LogP contribution in [0.15, 0.2) is 47.6 Å². The van der Waals surface area contributed by atoms with Crippen molar-refractivity contribution >= 4 is 35.0 Å². The molecule has 0 fully saturated rings. The van der Waals surface area contributed by atoms with E-state index in [1.807, 2.05) is 51.3 Å². The van der Waals surface area contributed by atoms with Crippen LogP contribution < -0.4 is 14.4 Å². The molecule has 7 nitrogen and oxygen atoms in total. The number of ether oxygens (including phenoxy) is 2. The number of aromatic nitrogens is 3. The number of fused-ring (bicyclic) bond motifs is 3. The minimum absolute atomic E-state index is 0.0530. The Bertz CT molecular complexity index is 1160. The summed E-state index contributed by atoms with van der Waals surface area (Å²) in [7, 11) is 0. The standard InChI is InChI=1S/C23H23ClN4O3S/c1-5-19(29)28-17-11-10-14(24)12-16(17)20-21(25-23(32-4)27-26-20)31-22(28)15-8-6-7-9-18(15)30-13(2)3/h6-13,22H,5H2,1-4H3/t22-/m0/s1. The zero-order valence-corrected chi connectivity index (χ0v) is 19.8. The maximum Gasteiger partial charge on any atom is 0.247 e. The maximum absolute atomic E-state index is 13.3. The van der Waals surface area contributed by atoms with Crippen LogP contribution in [0.4, 0.5) is 5.69 Å². The lowest BCUT2D eigenvalue weighted by Crippen LogP contribution is -2.37. The highest BCUT2D eigenvalue weighted by atomic mass is 35.5. The second-order valence-corrected chi connectivity index (χ2v) is 8.62. The Kier molecular flexibility index (Phi) is 6.53. The highest BCUT2D eigenvalue weighted by Crippen LogP contribution is 2.46. The first-order valence-electron chi connectivity index (χ1n) is 10.3. The van der Waals surface area contributed by atoms with Crippen LogP contribution in [0.2, 0.25) is 5.02 Å². The first kappa shape index (κ1) is 22.4. The first-order chi connectivity index (χ1) is 15.4. The molecule has 166 valence electrons. The van der Waals surface area contributed by atoms with E-state index in [-0.39, 0.29) is 24.3 Å². The summed E-state index contributed by atoms with van der Waals surface area (Å²) in [6, 6.07) is 12.8.